The first kappa shape index (κ1) is 57.5. The second-order valence-corrected chi connectivity index (χ2v) is 24.0. The molecule has 5 saturated heterocycles. The van der Waals surface area contributed by atoms with E-state index in [0.717, 1.165) is 32.1 Å². The van der Waals surface area contributed by atoms with E-state index in [0.29, 0.717) is 49.4 Å². The predicted octanol–water partition coefficient (Wildman–Crippen LogP) is -1.33. The smallest absolute Gasteiger partial charge is 0.187 e. The Bertz CT molecular complexity index is 1910. The van der Waals surface area contributed by atoms with Crippen LogP contribution in [0.15, 0.2) is 11.6 Å². The summed E-state index contributed by atoms with van der Waals surface area (Å²) in [5.41, 5.74) is 1.31. The van der Waals surface area contributed by atoms with Crippen LogP contribution in [0.4, 0.5) is 0 Å². The van der Waals surface area contributed by atoms with Gasteiger partial charge in [-0.15, -0.1) is 0 Å². The third kappa shape index (κ3) is 10.1. The van der Waals surface area contributed by atoms with E-state index in [9.17, 15) is 61.3 Å². The van der Waals surface area contributed by atoms with Gasteiger partial charge in [-0.05, 0) is 106 Å². The van der Waals surface area contributed by atoms with Crippen LogP contribution in [0.2, 0.25) is 0 Å². The van der Waals surface area contributed by atoms with Gasteiger partial charge in [0.05, 0.1) is 44.2 Å². The van der Waals surface area contributed by atoms with Crippen molar-refractivity contribution in [2.75, 3.05) is 26.9 Å². The molecule has 5 unspecified atom stereocenters. The number of methoxy groups -OCH3 is 1. The lowest BCUT2D eigenvalue weighted by Gasteiger charge is -2.58. The molecule has 426 valence electrons. The summed E-state index contributed by atoms with van der Waals surface area (Å²) >= 11 is 0. The minimum absolute atomic E-state index is 0.0163. The van der Waals surface area contributed by atoms with E-state index < -0.39 is 142 Å². The molecule has 9 rings (SSSR count). The molecular formula is C52H86O22. The van der Waals surface area contributed by atoms with Crippen molar-refractivity contribution < 1.29 is 109 Å². The standard InChI is InChI=1S/C52H86O22/c1-21(20-66-46-40(61)37(58)35(56)31(18-53)70-46)10-15-52(65-7)22(2)33-30(74-52)17-29-27-9-8-25-16-26(11-13-50(25,5)28(27)12-14-51(29,33)6)69-49-43(64)39(60)45(32(19-54)71-49)73-48-42(63)38(59)44(24(4)68-48)72-47-41(62)36(57)34(55)23(3)67-47/h8,21-24,26-49,53-64H,9-20H2,1-7H3/t21-,22-,23+,24+,26+,27?,28?,29?,30?,31-,32-,33?,34+,35-,36-,37+,38+,39-,40-,41-,42-,43-,44+,45-,46-,47+,48+,49-,50+,51+,52-/m1/s1. The minimum atomic E-state index is -1.78. The molecule has 22 nitrogen and oxygen atoms in total. The quantitative estimate of drug-likeness (QED) is 0.0846. The highest BCUT2D eigenvalue weighted by Crippen LogP contribution is 2.70. The van der Waals surface area contributed by atoms with Crippen LogP contribution in [0.5, 0.6) is 0 Å². The Morgan fingerprint density at radius 3 is 1.92 bits per heavy atom. The zero-order valence-corrected chi connectivity index (χ0v) is 43.7. The van der Waals surface area contributed by atoms with Crippen molar-refractivity contribution in [1.29, 1.82) is 0 Å². The molecule has 8 fully saturated rings. The van der Waals surface area contributed by atoms with E-state index in [2.05, 4.69) is 26.8 Å². The van der Waals surface area contributed by atoms with Crippen LogP contribution < -0.4 is 0 Å². The molecule has 0 spiro atoms. The van der Waals surface area contributed by atoms with E-state index in [-0.39, 0.29) is 41.5 Å². The molecule has 0 aromatic heterocycles. The second kappa shape index (κ2) is 22.4. The lowest BCUT2D eigenvalue weighted by atomic mass is 9.47. The van der Waals surface area contributed by atoms with Gasteiger partial charge in [-0.2, -0.15) is 0 Å². The topological polar surface area (TPSA) is 335 Å². The third-order valence-corrected chi connectivity index (χ3v) is 19.8. The largest absolute Gasteiger partial charge is 0.394 e. The molecule has 0 amide bonds. The zero-order valence-electron chi connectivity index (χ0n) is 43.7. The van der Waals surface area contributed by atoms with Crippen LogP contribution in [0.3, 0.4) is 0 Å². The van der Waals surface area contributed by atoms with Gasteiger partial charge in [0.25, 0.3) is 0 Å². The molecule has 5 aliphatic heterocycles. The summed E-state index contributed by atoms with van der Waals surface area (Å²) in [6.45, 7) is 11.2. The molecule has 0 bridgehead atoms. The number of fused-ring (bicyclic) bond motifs is 7. The van der Waals surface area contributed by atoms with Gasteiger partial charge in [0, 0.05) is 19.4 Å². The Morgan fingerprint density at radius 1 is 0.649 bits per heavy atom. The Hall–Kier alpha value is -1.14. The number of allylic oxidation sites excluding steroid dienone is 1. The number of aliphatic hydroxyl groups excluding tert-OH is 12. The van der Waals surface area contributed by atoms with Crippen molar-refractivity contribution in [2.24, 2.45) is 46.3 Å². The van der Waals surface area contributed by atoms with Gasteiger partial charge in [-0.25, -0.2) is 0 Å². The first-order valence-corrected chi connectivity index (χ1v) is 27.2. The van der Waals surface area contributed by atoms with Crippen molar-refractivity contribution >= 4 is 0 Å². The third-order valence-electron chi connectivity index (χ3n) is 19.8. The summed E-state index contributed by atoms with van der Waals surface area (Å²) < 4.78 is 60.4. The monoisotopic (exact) mass is 1060 g/mol. The van der Waals surface area contributed by atoms with Gasteiger partial charge in [0.1, 0.15) is 85.5 Å². The molecule has 0 aromatic carbocycles. The lowest BCUT2D eigenvalue weighted by Crippen LogP contribution is -2.65. The van der Waals surface area contributed by atoms with E-state index >= 15 is 0 Å². The number of hydrogen-bond donors (Lipinski definition) is 12. The maximum atomic E-state index is 11.5. The molecule has 0 aromatic rings. The normalized spacial score (nSPS) is 54.9. The van der Waals surface area contributed by atoms with Crippen molar-refractivity contribution in [3.63, 3.8) is 0 Å². The van der Waals surface area contributed by atoms with Crippen LogP contribution >= 0.6 is 0 Å². The van der Waals surface area contributed by atoms with E-state index in [1.165, 1.54) is 19.4 Å². The average molecular weight is 1060 g/mol. The SMILES string of the molecule is CO[C@]1(CC[C@@H](C)CO[C@@H]2O[C@H](CO)[C@@H](O)[C@H](O)[C@H]2O)OC2CC3C4CC=C5C[C@@H](O[C@@H]6O[C@H](CO)[C@@H](O[C@@H]7O[C@@H](C)[C@H](O[C@@H]8O[C@@H](C)[C@H](O)[C@@H](O)[C@H]8O)[C@@H](O)[C@H]7O)[C@H](O)[C@H]6O)CC[C@]5(C)C4CC[C@]3(C)C2[C@H]1C. The predicted molar refractivity (Wildman–Crippen MR) is 254 cm³/mol. The summed E-state index contributed by atoms with van der Waals surface area (Å²) in [6, 6.07) is 0. The number of rotatable bonds is 15. The molecule has 9 aliphatic rings. The van der Waals surface area contributed by atoms with Gasteiger partial charge in [-0.3, -0.25) is 0 Å². The van der Waals surface area contributed by atoms with Crippen molar-refractivity contribution in [1.82, 2.24) is 0 Å². The Kier molecular flexibility index (Phi) is 17.4. The highest BCUT2D eigenvalue weighted by Gasteiger charge is 2.68. The number of ether oxygens (including phenoxy) is 10. The second-order valence-electron chi connectivity index (χ2n) is 24.0. The van der Waals surface area contributed by atoms with Gasteiger partial charge >= 0.3 is 0 Å². The van der Waals surface area contributed by atoms with Crippen LogP contribution in [-0.2, 0) is 47.4 Å². The number of aliphatic hydroxyl groups is 12. The highest BCUT2D eigenvalue weighted by atomic mass is 16.8. The summed E-state index contributed by atoms with van der Waals surface area (Å²) in [4.78, 5) is 0. The van der Waals surface area contributed by atoms with Gasteiger partial charge < -0.3 is 109 Å². The van der Waals surface area contributed by atoms with Gasteiger partial charge in [-0.1, -0.05) is 39.3 Å². The van der Waals surface area contributed by atoms with E-state index in [1.54, 1.807) is 7.11 Å². The van der Waals surface area contributed by atoms with Crippen LogP contribution in [0.25, 0.3) is 0 Å². The maximum Gasteiger partial charge on any atom is 0.187 e. The maximum absolute atomic E-state index is 11.5. The Labute approximate surface area is 432 Å². The fraction of sp³-hybridized carbons (Fsp3) is 0.962. The van der Waals surface area contributed by atoms with Crippen molar-refractivity contribution in [3.05, 3.63) is 11.6 Å². The summed E-state index contributed by atoms with van der Waals surface area (Å²) in [6.07, 6.45) is -18.6. The summed E-state index contributed by atoms with van der Waals surface area (Å²) in [7, 11) is 1.72. The van der Waals surface area contributed by atoms with E-state index in [4.69, 9.17) is 47.4 Å². The first-order chi connectivity index (χ1) is 35.0. The van der Waals surface area contributed by atoms with Crippen LogP contribution in [0, 0.1) is 46.3 Å². The van der Waals surface area contributed by atoms with Gasteiger partial charge in [0.2, 0.25) is 0 Å². The molecule has 31 atom stereocenters. The van der Waals surface area contributed by atoms with Gasteiger partial charge in [0.15, 0.2) is 30.9 Å². The Morgan fingerprint density at radius 2 is 1.24 bits per heavy atom. The highest BCUT2D eigenvalue weighted by molar-refractivity contribution is 5.26. The van der Waals surface area contributed by atoms with E-state index in [1.807, 2.05) is 6.92 Å². The zero-order chi connectivity index (χ0) is 53.5. The van der Waals surface area contributed by atoms with Crippen molar-refractivity contribution in [2.45, 2.75) is 240 Å². The van der Waals surface area contributed by atoms with Crippen molar-refractivity contribution in [3.8, 4) is 0 Å². The molecular weight excluding hydrogens is 977 g/mol. The average Bonchev–Trinajstić information content (AvgIpc) is 3.84. The Balaban J connectivity index is 0.776. The van der Waals surface area contributed by atoms with Crippen LogP contribution in [0.1, 0.15) is 99.3 Å². The van der Waals surface area contributed by atoms with Crippen LogP contribution in [-0.4, -0.2) is 229 Å². The molecule has 5 heterocycles. The number of hydrogen-bond acceptors (Lipinski definition) is 22. The minimum Gasteiger partial charge on any atom is -0.394 e. The molecule has 0 radical (unpaired) electrons. The first-order valence-electron chi connectivity index (χ1n) is 27.2. The molecule has 12 N–H and O–H groups in total. The molecule has 3 saturated carbocycles. The molecule has 22 heteroatoms. The fourth-order valence-corrected chi connectivity index (χ4v) is 15.3. The molecule has 4 aliphatic carbocycles. The summed E-state index contributed by atoms with van der Waals surface area (Å²) in [5, 5.41) is 127. The summed E-state index contributed by atoms with van der Waals surface area (Å²) in [5.74, 6) is 1.06. The fourth-order valence-electron chi connectivity index (χ4n) is 15.3. The molecule has 74 heavy (non-hydrogen) atoms. The lowest BCUT2D eigenvalue weighted by molar-refractivity contribution is -0.376.